The Bertz CT molecular complexity index is 1510. The average Bonchev–Trinajstić information content (AvgIpc) is 3.52. The van der Waals surface area contributed by atoms with E-state index in [4.69, 9.17) is 0 Å². The molecule has 4 heterocycles. The molecule has 7 nitrogen and oxygen atoms in total. The van der Waals surface area contributed by atoms with Gasteiger partial charge in [0.15, 0.2) is 5.82 Å². The lowest BCUT2D eigenvalue weighted by atomic mass is 10.1. The summed E-state index contributed by atoms with van der Waals surface area (Å²) in [5.41, 5.74) is 5.99. The number of rotatable bonds is 6. The Morgan fingerprint density at radius 1 is 1.00 bits per heavy atom. The highest BCUT2D eigenvalue weighted by molar-refractivity contribution is 5.87. The first kappa shape index (κ1) is 21.0. The Kier molecular flexibility index (Phi) is 4.84. The number of anilines is 2. The summed E-state index contributed by atoms with van der Waals surface area (Å²) in [7, 11) is 0. The van der Waals surface area contributed by atoms with Gasteiger partial charge in [0.2, 0.25) is 0 Å². The van der Waals surface area contributed by atoms with Gasteiger partial charge in [0.25, 0.3) is 5.92 Å². The van der Waals surface area contributed by atoms with Crippen LogP contribution in [0.15, 0.2) is 79.8 Å². The Balaban J connectivity index is 1.21. The number of hydrogen-bond donors (Lipinski definition) is 3. The quantitative estimate of drug-likeness (QED) is 0.298. The van der Waals surface area contributed by atoms with Gasteiger partial charge in [-0.25, -0.2) is 18.7 Å². The number of hydrogen-bond acceptors (Lipinski definition) is 5. The molecule has 0 amide bonds. The van der Waals surface area contributed by atoms with Crippen molar-refractivity contribution in [3.05, 3.63) is 85.5 Å². The summed E-state index contributed by atoms with van der Waals surface area (Å²) in [4.78, 5) is 14.0. The number of nitrogens with one attached hydrogen (secondary N) is 3. The van der Waals surface area contributed by atoms with Crippen molar-refractivity contribution in [3.8, 4) is 22.5 Å². The first-order valence-electron chi connectivity index (χ1n) is 11.1. The molecular weight excluding hydrogens is 448 g/mol. The summed E-state index contributed by atoms with van der Waals surface area (Å²) >= 11 is 0. The zero-order chi connectivity index (χ0) is 24.0. The van der Waals surface area contributed by atoms with Gasteiger partial charge in [0, 0.05) is 40.1 Å². The monoisotopic (exact) mass is 469 g/mol. The van der Waals surface area contributed by atoms with Gasteiger partial charge in [-0.2, -0.15) is 5.10 Å². The van der Waals surface area contributed by atoms with Gasteiger partial charge in [-0.3, -0.25) is 5.10 Å². The molecule has 5 aromatic rings. The smallest absolute Gasteiger partial charge is 0.282 e. The van der Waals surface area contributed by atoms with Crippen molar-refractivity contribution in [2.45, 2.75) is 5.92 Å². The zero-order valence-electron chi connectivity index (χ0n) is 18.6. The predicted octanol–water partition coefficient (Wildman–Crippen LogP) is 5.68. The van der Waals surface area contributed by atoms with Crippen molar-refractivity contribution in [1.29, 1.82) is 0 Å². The second-order valence-corrected chi connectivity index (χ2v) is 8.60. The molecule has 1 aliphatic rings. The third kappa shape index (κ3) is 4.12. The molecule has 0 unspecified atom stereocenters. The first-order chi connectivity index (χ1) is 16.9. The molecule has 6 rings (SSSR count). The fraction of sp³-hybridized carbons (Fsp3) is 0.115. The molecule has 1 fully saturated rings. The van der Waals surface area contributed by atoms with Crippen LogP contribution in [-0.4, -0.2) is 49.1 Å². The van der Waals surface area contributed by atoms with Crippen LogP contribution in [0.25, 0.3) is 39.1 Å². The highest BCUT2D eigenvalue weighted by Gasteiger charge is 2.44. The standard InChI is InChI=1S/C26H21F2N7/c1-16(35-14-26(27,28)15-35)22-10-18-2-3-19(11-23(18)33-22)25-29-9-8-24(34-25)32-21-6-4-17(5-7-21)20-12-30-31-13-20/h2-13,33H,1,14-15H2,(H,30,31)(H,29,32,34). The van der Waals surface area contributed by atoms with Crippen molar-refractivity contribution in [1.82, 2.24) is 30.0 Å². The molecule has 0 atom stereocenters. The summed E-state index contributed by atoms with van der Waals surface area (Å²) < 4.78 is 26.5. The fourth-order valence-electron chi connectivity index (χ4n) is 4.17. The van der Waals surface area contributed by atoms with Crippen LogP contribution in [0.3, 0.4) is 0 Å². The lowest BCUT2D eigenvalue weighted by molar-refractivity contribution is -0.105. The fourth-order valence-corrected chi connectivity index (χ4v) is 4.17. The minimum Gasteiger partial charge on any atom is -0.358 e. The molecule has 0 bridgehead atoms. The minimum atomic E-state index is -2.64. The molecule has 9 heteroatoms. The molecule has 3 N–H and O–H groups in total. The molecule has 1 aliphatic heterocycles. The SMILES string of the molecule is C=C(c1cc2ccc(-c3nccc(Nc4ccc(-c5cn[nH]c5)cc4)n3)cc2[nH]1)N1CC(F)(F)C1. The normalized spacial score (nSPS) is 14.6. The Morgan fingerprint density at radius 3 is 2.54 bits per heavy atom. The van der Waals surface area contributed by atoms with Crippen molar-refractivity contribution >= 4 is 28.1 Å². The first-order valence-corrected chi connectivity index (χ1v) is 11.1. The maximum atomic E-state index is 13.2. The second kappa shape index (κ2) is 8.05. The van der Waals surface area contributed by atoms with Gasteiger partial charge in [-0.1, -0.05) is 30.8 Å². The van der Waals surface area contributed by atoms with E-state index < -0.39 is 5.92 Å². The van der Waals surface area contributed by atoms with Crippen LogP contribution in [0.1, 0.15) is 5.69 Å². The van der Waals surface area contributed by atoms with Gasteiger partial charge in [-0.15, -0.1) is 0 Å². The molecule has 0 spiro atoms. The van der Waals surface area contributed by atoms with Crippen molar-refractivity contribution in [3.63, 3.8) is 0 Å². The number of H-pyrrole nitrogens is 2. The van der Waals surface area contributed by atoms with Crippen LogP contribution >= 0.6 is 0 Å². The third-order valence-electron chi connectivity index (χ3n) is 6.06. The summed E-state index contributed by atoms with van der Waals surface area (Å²) in [6.07, 6.45) is 5.34. The van der Waals surface area contributed by atoms with E-state index in [1.165, 1.54) is 0 Å². The van der Waals surface area contributed by atoms with E-state index in [-0.39, 0.29) is 13.1 Å². The van der Waals surface area contributed by atoms with Gasteiger partial charge >= 0.3 is 0 Å². The van der Waals surface area contributed by atoms with E-state index >= 15 is 0 Å². The molecule has 0 saturated carbocycles. The lowest BCUT2D eigenvalue weighted by Crippen LogP contribution is -2.54. The minimum absolute atomic E-state index is 0.299. The van der Waals surface area contributed by atoms with E-state index in [1.807, 2.05) is 60.8 Å². The Labute approximate surface area is 199 Å². The van der Waals surface area contributed by atoms with Crippen LogP contribution in [0.2, 0.25) is 0 Å². The summed E-state index contributed by atoms with van der Waals surface area (Å²) in [5, 5.41) is 11.1. The second-order valence-electron chi connectivity index (χ2n) is 8.60. The lowest BCUT2D eigenvalue weighted by Gasteiger charge is -2.41. The maximum absolute atomic E-state index is 13.2. The summed E-state index contributed by atoms with van der Waals surface area (Å²) in [6.45, 7) is 3.38. The number of fused-ring (bicyclic) bond motifs is 1. The molecule has 174 valence electrons. The van der Waals surface area contributed by atoms with Crippen LogP contribution in [0.5, 0.6) is 0 Å². The molecule has 35 heavy (non-hydrogen) atoms. The number of halogens is 2. The van der Waals surface area contributed by atoms with Gasteiger partial charge in [0.05, 0.1) is 30.7 Å². The molecule has 2 aromatic carbocycles. The van der Waals surface area contributed by atoms with Crippen LogP contribution in [0, 0.1) is 0 Å². The van der Waals surface area contributed by atoms with Crippen LogP contribution < -0.4 is 5.32 Å². The van der Waals surface area contributed by atoms with E-state index in [0.29, 0.717) is 17.3 Å². The van der Waals surface area contributed by atoms with Gasteiger partial charge in [0.1, 0.15) is 5.82 Å². The number of nitrogens with zero attached hydrogens (tertiary/aromatic N) is 4. The number of benzene rings is 2. The number of alkyl halides is 2. The highest BCUT2D eigenvalue weighted by Crippen LogP contribution is 2.34. The topological polar surface area (TPSA) is 85.5 Å². The van der Waals surface area contributed by atoms with E-state index in [9.17, 15) is 8.78 Å². The largest absolute Gasteiger partial charge is 0.358 e. The molecule has 1 saturated heterocycles. The number of likely N-dealkylation sites (tertiary alicyclic amines) is 1. The van der Waals surface area contributed by atoms with Crippen LogP contribution in [-0.2, 0) is 0 Å². The van der Waals surface area contributed by atoms with E-state index in [2.05, 4.69) is 37.0 Å². The van der Waals surface area contributed by atoms with Gasteiger partial charge in [-0.05, 0) is 35.9 Å². The average molecular weight is 469 g/mol. The zero-order valence-corrected chi connectivity index (χ0v) is 18.6. The van der Waals surface area contributed by atoms with E-state index in [0.717, 1.165) is 39.0 Å². The van der Waals surface area contributed by atoms with Crippen LogP contribution in [0.4, 0.5) is 20.3 Å². The number of aromatic amines is 2. The van der Waals surface area contributed by atoms with E-state index in [1.54, 1.807) is 17.3 Å². The Hall–Kier alpha value is -4.53. The predicted molar refractivity (Wildman–Crippen MR) is 132 cm³/mol. The third-order valence-corrected chi connectivity index (χ3v) is 6.06. The van der Waals surface area contributed by atoms with Gasteiger partial charge < -0.3 is 15.2 Å². The number of aromatic nitrogens is 5. The maximum Gasteiger partial charge on any atom is 0.282 e. The molecule has 3 aromatic heterocycles. The van der Waals surface area contributed by atoms with Crippen molar-refractivity contribution < 1.29 is 8.78 Å². The molecule has 0 aliphatic carbocycles. The summed E-state index contributed by atoms with van der Waals surface area (Å²) in [5.74, 6) is -1.39. The Morgan fingerprint density at radius 2 is 1.80 bits per heavy atom. The molecule has 0 radical (unpaired) electrons. The van der Waals surface area contributed by atoms with Crippen molar-refractivity contribution in [2.24, 2.45) is 0 Å². The molecular formula is C26H21F2N7. The summed E-state index contributed by atoms with van der Waals surface area (Å²) in [6, 6.07) is 17.6. The van der Waals surface area contributed by atoms with Crippen molar-refractivity contribution in [2.75, 3.05) is 18.4 Å². The highest BCUT2D eigenvalue weighted by atomic mass is 19.3.